The molecule has 0 atom stereocenters. The van der Waals surface area contributed by atoms with Crippen molar-refractivity contribution in [1.29, 1.82) is 0 Å². The van der Waals surface area contributed by atoms with E-state index in [2.05, 4.69) is 4.99 Å². The molecule has 2 rings (SSSR count). The first-order valence-corrected chi connectivity index (χ1v) is 7.61. The second-order valence-electron chi connectivity index (χ2n) is 4.39. The van der Waals surface area contributed by atoms with Crippen LogP contribution in [0.2, 0.25) is 0 Å². The zero-order chi connectivity index (χ0) is 19.0. The van der Waals surface area contributed by atoms with Crippen molar-refractivity contribution in [2.45, 2.75) is 3.79 Å². The van der Waals surface area contributed by atoms with Crippen LogP contribution in [0.25, 0.3) is 0 Å². The van der Waals surface area contributed by atoms with E-state index in [-0.39, 0.29) is 11.4 Å². The van der Waals surface area contributed by atoms with Gasteiger partial charge in [-0.2, -0.15) is 0 Å². The van der Waals surface area contributed by atoms with Gasteiger partial charge < -0.3 is 10.2 Å². The van der Waals surface area contributed by atoms with Gasteiger partial charge in [0.2, 0.25) is 0 Å². The van der Waals surface area contributed by atoms with Crippen molar-refractivity contribution >= 4 is 58.4 Å². The Morgan fingerprint density at radius 2 is 1.64 bits per heavy atom. The van der Waals surface area contributed by atoms with E-state index >= 15 is 0 Å². The van der Waals surface area contributed by atoms with Crippen LogP contribution >= 0.6 is 34.8 Å². The van der Waals surface area contributed by atoms with E-state index in [0.29, 0.717) is 11.3 Å². The Morgan fingerprint density at radius 3 is 2.08 bits per heavy atom. The molecule has 0 bridgehead atoms. The number of nitro benzene ring substituents is 1. The quantitative estimate of drug-likeness (QED) is 0.338. The number of carbonyl (C=O) groups is 1. The molecule has 2 N–H and O–H groups in total. The number of hydrogen-bond acceptors (Lipinski definition) is 5. The molecule has 2 aromatic rings. The van der Waals surface area contributed by atoms with Crippen LogP contribution in [0.5, 0.6) is 5.75 Å². The molecule has 0 aliphatic heterocycles. The van der Waals surface area contributed by atoms with Gasteiger partial charge in [0.15, 0.2) is 0 Å². The van der Waals surface area contributed by atoms with Gasteiger partial charge in [-0.1, -0.05) is 46.9 Å². The van der Waals surface area contributed by atoms with Crippen molar-refractivity contribution < 1.29 is 19.9 Å². The molecule has 132 valence electrons. The molecule has 0 saturated carbocycles. The molecule has 2 aromatic carbocycles. The molecule has 10 heteroatoms. The highest BCUT2D eigenvalue weighted by atomic mass is 35.6. The first kappa shape index (κ1) is 20.7. The predicted octanol–water partition coefficient (Wildman–Crippen LogP) is 4.49. The number of para-hydroxylation sites is 1. The van der Waals surface area contributed by atoms with Gasteiger partial charge in [-0.05, 0) is 24.3 Å². The number of nitrogens with zero attached hydrogens (tertiary/aromatic N) is 2. The normalized spacial score (nSPS) is 10.8. The van der Waals surface area contributed by atoms with Gasteiger partial charge in [0.1, 0.15) is 5.75 Å². The Bertz CT molecular complexity index is 773. The van der Waals surface area contributed by atoms with Crippen molar-refractivity contribution in [3.05, 3.63) is 64.2 Å². The smallest absolute Gasteiger partial charge is 0.356 e. The first-order valence-electron chi connectivity index (χ1n) is 6.48. The summed E-state index contributed by atoms with van der Waals surface area (Å²) < 4.78 is -2.17. The molecule has 0 aliphatic carbocycles. The van der Waals surface area contributed by atoms with Crippen LogP contribution in [0.4, 0.5) is 11.4 Å². The van der Waals surface area contributed by atoms with Crippen LogP contribution in [0.15, 0.2) is 53.5 Å². The lowest BCUT2D eigenvalue weighted by Gasteiger charge is -1.99. The molecule has 0 spiro atoms. The van der Waals surface area contributed by atoms with E-state index in [0.717, 1.165) is 0 Å². The summed E-state index contributed by atoms with van der Waals surface area (Å²) in [5.74, 6) is -1.32. The van der Waals surface area contributed by atoms with Crippen LogP contribution in [0.1, 0.15) is 5.56 Å². The van der Waals surface area contributed by atoms with Crippen molar-refractivity contribution in [2.75, 3.05) is 0 Å². The maximum absolute atomic E-state index is 10.5. The summed E-state index contributed by atoms with van der Waals surface area (Å²) in [6.45, 7) is 0. The highest BCUT2D eigenvalue weighted by Gasteiger charge is 2.29. The number of phenols is 1. The zero-order valence-corrected chi connectivity index (χ0v) is 14.6. The van der Waals surface area contributed by atoms with E-state index in [9.17, 15) is 20.0 Å². The lowest BCUT2D eigenvalue weighted by molar-refractivity contribution is -0.384. The second kappa shape index (κ2) is 9.22. The number of carboxylic acids is 1. The Balaban J connectivity index is 0.000000381. The summed E-state index contributed by atoms with van der Waals surface area (Å²) in [6.07, 6.45) is 1.51. The maximum Gasteiger partial charge on any atom is 0.356 e. The summed E-state index contributed by atoms with van der Waals surface area (Å²) in [5.41, 5.74) is 1.20. The summed E-state index contributed by atoms with van der Waals surface area (Å²) in [4.78, 5) is 23.8. The van der Waals surface area contributed by atoms with Crippen molar-refractivity contribution in [2.24, 2.45) is 4.99 Å². The lowest BCUT2D eigenvalue weighted by atomic mass is 10.2. The average Bonchev–Trinajstić information content (AvgIpc) is 2.54. The van der Waals surface area contributed by atoms with Gasteiger partial charge in [-0.15, -0.1) is 0 Å². The van der Waals surface area contributed by atoms with Crippen molar-refractivity contribution in [1.82, 2.24) is 0 Å². The summed E-state index contributed by atoms with van der Waals surface area (Å²) in [5, 5.41) is 27.8. The topological polar surface area (TPSA) is 113 Å². The van der Waals surface area contributed by atoms with Gasteiger partial charge in [-0.25, -0.2) is 4.79 Å². The SMILES string of the molecule is O=C(O)C(Cl)(Cl)Cl.O=[N+]([O-])c1ccc(N=Cc2ccccc2O)cc1. The molecular formula is C15H11Cl3N2O5. The number of carboxylic acid groups (broad SMARTS) is 1. The number of aromatic hydroxyl groups is 1. The Hall–Kier alpha value is -2.35. The van der Waals surface area contributed by atoms with Crippen LogP contribution in [-0.4, -0.2) is 31.1 Å². The molecule has 0 saturated heterocycles. The minimum Gasteiger partial charge on any atom is -0.507 e. The summed E-state index contributed by atoms with van der Waals surface area (Å²) in [7, 11) is 0. The number of aliphatic carboxylic acids is 1. The van der Waals surface area contributed by atoms with Gasteiger partial charge in [0, 0.05) is 23.9 Å². The molecule has 0 heterocycles. The average molecular weight is 406 g/mol. The Morgan fingerprint density at radius 1 is 1.12 bits per heavy atom. The van der Waals surface area contributed by atoms with Crippen molar-refractivity contribution in [3.63, 3.8) is 0 Å². The second-order valence-corrected chi connectivity index (χ2v) is 6.67. The first-order chi connectivity index (χ1) is 11.6. The van der Waals surface area contributed by atoms with Crippen LogP contribution in [-0.2, 0) is 4.79 Å². The summed E-state index contributed by atoms with van der Waals surface area (Å²) in [6, 6.07) is 12.7. The molecule has 0 unspecified atom stereocenters. The predicted molar refractivity (Wildman–Crippen MR) is 96.4 cm³/mol. The lowest BCUT2D eigenvalue weighted by Crippen LogP contribution is -2.16. The fourth-order valence-electron chi connectivity index (χ4n) is 1.40. The molecule has 0 radical (unpaired) electrons. The molecular weight excluding hydrogens is 395 g/mol. The van der Waals surface area contributed by atoms with Gasteiger partial charge in [-0.3, -0.25) is 15.1 Å². The Labute approximate surface area is 157 Å². The van der Waals surface area contributed by atoms with E-state index in [4.69, 9.17) is 39.9 Å². The molecule has 0 aromatic heterocycles. The number of rotatable bonds is 3. The highest BCUT2D eigenvalue weighted by Crippen LogP contribution is 2.25. The molecule has 25 heavy (non-hydrogen) atoms. The zero-order valence-electron chi connectivity index (χ0n) is 12.3. The summed E-state index contributed by atoms with van der Waals surface area (Å²) >= 11 is 14.4. The number of nitro groups is 1. The number of benzene rings is 2. The molecule has 0 fully saturated rings. The number of non-ortho nitro benzene ring substituents is 1. The van der Waals surface area contributed by atoms with Gasteiger partial charge >= 0.3 is 5.97 Å². The number of alkyl halides is 3. The van der Waals surface area contributed by atoms with E-state index in [1.165, 1.54) is 18.3 Å². The van der Waals surface area contributed by atoms with Crippen molar-refractivity contribution in [3.8, 4) is 5.75 Å². The number of halogens is 3. The van der Waals surface area contributed by atoms with Crippen LogP contribution in [0.3, 0.4) is 0 Å². The molecule has 0 aliphatic rings. The van der Waals surface area contributed by atoms with E-state index in [1.807, 2.05) is 0 Å². The Kier molecular flexibility index (Phi) is 7.63. The van der Waals surface area contributed by atoms with Crippen LogP contribution < -0.4 is 0 Å². The third-order valence-corrected chi connectivity index (χ3v) is 3.08. The number of phenolic OH excluding ortho intramolecular Hbond substituents is 1. The number of aliphatic imine (C=N–C) groups is 1. The minimum atomic E-state index is -2.17. The van der Waals surface area contributed by atoms with E-state index < -0.39 is 14.7 Å². The third kappa shape index (κ3) is 7.38. The number of hydrogen-bond donors (Lipinski definition) is 2. The molecule has 0 amide bonds. The fourth-order valence-corrected chi connectivity index (χ4v) is 1.40. The van der Waals surface area contributed by atoms with Gasteiger partial charge in [0.05, 0.1) is 10.6 Å². The van der Waals surface area contributed by atoms with Crippen LogP contribution in [0, 0.1) is 10.1 Å². The maximum atomic E-state index is 10.5. The third-order valence-electron chi connectivity index (χ3n) is 2.59. The van der Waals surface area contributed by atoms with E-state index in [1.54, 1.807) is 36.4 Å². The minimum absolute atomic E-state index is 0.0245. The standard InChI is InChI=1S/C13H10N2O3.C2HCl3O2/c16-13-4-2-1-3-10(13)9-14-11-5-7-12(8-6-11)15(17)18;3-2(4,5)1(6)7/h1-9,16H;(H,6,7). The highest BCUT2D eigenvalue weighted by molar-refractivity contribution is 6.75. The monoisotopic (exact) mass is 404 g/mol. The van der Waals surface area contributed by atoms with Gasteiger partial charge in [0.25, 0.3) is 9.48 Å². The molecule has 7 nitrogen and oxygen atoms in total. The fraction of sp³-hybridized carbons (Fsp3) is 0.0667. The largest absolute Gasteiger partial charge is 0.507 e.